The van der Waals surface area contributed by atoms with Gasteiger partial charge < -0.3 is 14.5 Å². The van der Waals surface area contributed by atoms with Gasteiger partial charge in [0.05, 0.1) is 18.9 Å². The predicted octanol–water partition coefficient (Wildman–Crippen LogP) is 1.19. The van der Waals surface area contributed by atoms with Crippen molar-refractivity contribution in [1.29, 1.82) is 0 Å². The largest absolute Gasteiger partial charge is 0.468 e. The molecule has 0 aliphatic carbocycles. The molecule has 0 aliphatic rings. The van der Waals surface area contributed by atoms with Crippen LogP contribution in [0.4, 0.5) is 0 Å². The summed E-state index contributed by atoms with van der Waals surface area (Å²) in [5.41, 5.74) is 0. The summed E-state index contributed by atoms with van der Waals surface area (Å²) in [6, 6.07) is 3.96. The number of methoxy groups -OCH3 is 1. The maximum absolute atomic E-state index is 5.20. The van der Waals surface area contributed by atoms with E-state index >= 15 is 0 Å². The van der Waals surface area contributed by atoms with Crippen LogP contribution in [-0.4, -0.2) is 20.8 Å². The highest BCUT2D eigenvalue weighted by molar-refractivity contribution is 5.03. The van der Waals surface area contributed by atoms with Gasteiger partial charge in [0.25, 0.3) is 0 Å². The first-order chi connectivity index (χ1) is 5.38. The zero-order valence-corrected chi connectivity index (χ0v) is 6.83. The maximum Gasteiger partial charge on any atom is 0.123 e. The SMILES string of the molecule is CNC(COC)c1ccco1. The van der Waals surface area contributed by atoms with E-state index < -0.39 is 0 Å². The Morgan fingerprint density at radius 3 is 3.00 bits per heavy atom. The van der Waals surface area contributed by atoms with Gasteiger partial charge >= 0.3 is 0 Å². The number of likely N-dealkylation sites (N-methyl/N-ethyl adjacent to an activating group) is 1. The smallest absolute Gasteiger partial charge is 0.123 e. The van der Waals surface area contributed by atoms with Gasteiger partial charge in [-0.1, -0.05) is 0 Å². The number of ether oxygens (including phenoxy) is 1. The van der Waals surface area contributed by atoms with Crippen LogP contribution in [0.1, 0.15) is 11.8 Å². The third-order valence-electron chi connectivity index (χ3n) is 1.57. The molecule has 0 aromatic carbocycles. The second-order valence-corrected chi connectivity index (χ2v) is 2.31. The Morgan fingerprint density at radius 1 is 1.73 bits per heavy atom. The zero-order valence-electron chi connectivity index (χ0n) is 6.83. The normalized spacial score (nSPS) is 13.3. The summed E-state index contributed by atoms with van der Waals surface area (Å²) < 4.78 is 10.2. The first-order valence-corrected chi connectivity index (χ1v) is 3.58. The molecule has 1 unspecified atom stereocenters. The van der Waals surface area contributed by atoms with Gasteiger partial charge in [-0.05, 0) is 19.2 Å². The molecule has 0 bridgehead atoms. The second-order valence-electron chi connectivity index (χ2n) is 2.31. The summed E-state index contributed by atoms with van der Waals surface area (Å²) >= 11 is 0. The number of hydrogen-bond acceptors (Lipinski definition) is 3. The Hall–Kier alpha value is -0.800. The fourth-order valence-electron chi connectivity index (χ4n) is 0.964. The summed E-state index contributed by atoms with van der Waals surface area (Å²) in [5, 5.41) is 3.09. The molecule has 1 aromatic rings. The number of rotatable bonds is 4. The van der Waals surface area contributed by atoms with Gasteiger partial charge in [0, 0.05) is 7.11 Å². The highest BCUT2D eigenvalue weighted by Gasteiger charge is 2.10. The van der Waals surface area contributed by atoms with E-state index in [0.29, 0.717) is 6.61 Å². The van der Waals surface area contributed by atoms with E-state index in [1.54, 1.807) is 13.4 Å². The summed E-state index contributed by atoms with van der Waals surface area (Å²) in [7, 11) is 3.56. The van der Waals surface area contributed by atoms with Crippen LogP contribution < -0.4 is 5.32 Å². The highest BCUT2D eigenvalue weighted by Crippen LogP contribution is 2.12. The third-order valence-corrected chi connectivity index (χ3v) is 1.57. The number of nitrogens with one attached hydrogen (secondary N) is 1. The van der Waals surface area contributed by atoms with Crippen molar-refractivity contribution in [3.8, 4) is 0 Å². The van der Waals surface area contributed by atoms with Crippen molar-refractivity contribution in [3.05, 3.63) is 24.2 Å². The molecule has 1 rings (SSSR count). The van der Waals surface area contributed by atoms with E-state index in [1.165, 1.54) is 0 Å². The lowest BCUT2D eigenvalue weighted by Crippen LogP contribution is -2.20. The van der Waals surface area contributed by atoms with Crippen molar-refractivity contribution in [2.45, 2.75) is 6.04 Å². The molecule has 62 valence electrons. The summed E-state index contributed by atoms with van der Waals surface area (Å²) in [6.07, 6.45) is 1.66. The van der Waals surface area contributed by atoms with Crippen LogP contribution in [0.5, 0.6) is 0 Å². The topological polar surface area (TPSA) is 34.4 Å². The van der Waals surface area contributed by atoms with Gasteiger partial charge in [-0.15, -0.1) is 0 Å². The lowest BCUT2D eigenvalue weighted by atomic mass is 10.2. The predicted molar refractivity (Wildman–Crippen MR) is 42.4 cm³/mol. The number of furan rings is 1. The first-order valence-electron chi connectivity index (χ1n) is 3.58. The fourth-order valence-corrected chi connectivity index (χ4v) is 0.964. The molecule has 1 N–H and O–H groups in total. The lowest BCUT2D eigenvalue weighted by molar-refractivity contribution is 0.161. The molecule has 1 atom stereocenters. The van der Waals surface area contributed by atoms with Gasteiger partial charge in [0.15, 0.2) is 0 Å². The molecule has 0 saturated heterocycles. The van der Waals surface area contributed by atoms with Crippen LogP contribution in [-0.2, 0) is 4.74 Å². The summed E-state index contributed by atoms with van der Waals surface area (Å²) in [5.74, 6) is 0.911. The molecule has 3 nitrogen and oxygen atoms in total. The van der Waals surface area contributed by atoms with Crippen LogP contribution in [0.2, 0.25) is 0 Å². The Balaban J connectivity index is 2.56. The minimum Gasteiger partial charge on any atom is -0.468 e. The maximum atomic E-state index is 5.20. The average Bonchev–Trinajstić information content (AvgIpc) is 2.52. The average molecular weight is 155 g/mol. The van der Waals surface area contributed by atoms with Gasteiger partial charge in [0.1, 0.15) is 5.76 Å². The molecule has 3 heteroatoms. The Labute approximate surface area is 66.3 Å². The van der Waals surface area contributed by atoms with Crippen LogP contribution in [0.25, 0.3) is 0 Å². The molecule has 11 heavy (non-hydrogen) atoms. The van der Waals surface area contributed by atoms with Gasteiger partial charge in [-0.3, -0.25) is 0 Å². The highest BCUT2D eigenvalue weighted by atomic mass is 16.5. The minimum atomic E-state index is 0.162. The van der Waals surface area contributed by atoms with Crippen LogP contribution in [0, 0.1) is 0 Å². The molecular weight excluding hydrogens is 142 g/mol. The van der Waals surface area contributed by atoms with Crippen LogP contribution in [0.15, 0.2) is 22.8 Å². The van der Waals surface area contributed by atoms with Gasteiger partial charge in [0.2, 0.25) is 0 Å². The third kappa shape index (κ3) is 2.06. The molecule has 1 heterocycles. The van der Waals surface area contributed by atoms with Crippen molar-refractivity contribution >= 4 is 0 Å². The standard InChI is InChI=1S/C8H13NO2/c1-9-7(6-10-2)8-4-3-5-11-8/h3-5,7,9H,6H2,1-2H3. The van der Waals surface area contributed by atoms with Crippen molar-refractivity contribution in [1.82, 2.24) is 5.32 Å². The Kier molecular flexibility index (Phi) is 3.14. The summed E-state index contributed by atoms with van der Waals surface area (Å²) in [4.78, 5) is 0. The fraction of sp³-hybridized carbons (Fsp3) is 0.500. The van der Waals surface area contributed by atoms with Crippen molar-refractivity contribution < 1.29 is 9.15 Å². The molecule has 0 fully saturated rings. The lowest BCUT2D eigenvalue weighted by Gasteiger charge is -2.11. The Bertz CT molecular complexity index is 184. The first kappa shape index (κ1) is 8.30. The van der Waals surface area contributed by atoms with Gasteiger partial charge in [-0.2, -0.15) is 0 Å². The van der Waals surface area contributed by atoms with Crippen molar-refractivity contribution in [2.75, 3.05) is 20.8 Å². The molecule has 0 saturated carbocycles. The van der Waals surface area contributed by atoms with E-state index in [0.717, 1.165) is 5.76 Å². The monoisotopic (exact) mass is 155 g/mol. The Morgan fingerprint density at radius 2 is 2.55 bits per heavy atom. The van der Waals surface area contributed by atoms with E-state index in [4.69, 9.17) is 9.15 Å². The summed E-state index contributed by atoms with van der Waals surface area (Å²) in [6.45, 7) is 0.629. The zero-order chi connectivity index (χ0) is 8.10. The molecular formula is C8H13NO2. The molecule has 0 aliphatic heterocycles. The molecule has 1 aromatic heterocycles. The van der Waals surface area contributed by atoms with Crippen LogP contribution in [0.3, 0.4) is 0 Å². The minimum absolute atomic E-state index is 0.162. The molecule has 0 radical (unpaired) electrons. The van der Waals surface area contributed by atoms with Crippen molar-refractivity contribution in [3.63, 3.8) is 0 Å². The quantitative estimate of drug-likeness (QED) is 0.709. The van der Waals surface area contributed by atoms with E-state index in [1.807, 2.05) is 19.2 Å². The van der Waals surface area contributed by atoms with Crippen LogP contribution >= 0.6 is 0 Å². The second kappa shape index (κ2) is 4.16. The van der Waals surface area contributed by atoms with E-state index in [2.05, 4.69) is 5.32 Å². The van der Waals surface area contributed by atoms with Gasteiger partial charge in [-0.25, -0.2) is 0 Å². The number of hydrogen-bond donors (Lipinski definition) is 1. The molecule has 0 amide bonds. The van der Waals surface area contributed by atoms with Crippen molar-refractivity contribution in [2.24, 2.45) is 0 Å². The van der Waals surface area contributed by atoms with E-state index in [-0.39, 0.29) is 6.04 Å². The molecule has 0 spiro atoms. The van der Waals surface area contributed by atoms with E-state index in [9.17, 15) is 0 Å².